The number of ether oxygens (including phenoxy) is 2. The Morgan fingerprint density at radius 1 is 1.15 bits per heavy atom. The lowest BCUT2D eigenvalue weighted by molar-refractivity contribution is -0.120. The van der Waals surface area contributed by atoms with Crippen molar-refractivity contribution in [3.63, 3.8) is 0 Å². The number of hydrogen-bond donors (Lipinski definition) is 1. The van der Waals surface area contributed by atoms with Gasteiger partial charge >= 0.3 is 0 Å². The van der Waals surface area contributed by atoms with Gasteiger partial charge in [0.15, 0.2) is 11.5 Å². The third-order valence-corrected chi connectivity index (χ3v) is 4.68. The number of fused-ring (bicyclic) bond motifs is 1. The summed E-state index contributed by atoms with van der Waals surface area (Å²) in [7, 11) is 1.63. The van der Waals surface area contributed by atoms with Crippen molar-refractivity contribution in [2.24, 2.45) is 4.99 Å². The Morgan fingerprint density at radius 2 is 2.00 bits per heavy atom. The van der Waals surface area contributed by atoms with Crippen molar-refractivity contribution in [2.75, 3.05) is 13.7 Å². The van der Waals surface area contributed by atoms with Gasteiger partial charge in [-0.1, -0.05) is 42.5 Å². The average molecular weight is 348 g/mol. The van der Waals surface area contributed by atoms with E-state index in [1.165, 1.54) is 0 Å². The number of nitrogens with zero attached hydrogens (tertiary/aromatic N) is 1. The van der Waals surface area contributed by atoms with Crippen LogP contribution in [0.3, 0.4) is 0 Å². The van der Waals surface area contributed by atoms with Gasteiger partial charge in [0.25, 0.3) is 0 Å². The number of aliphatic imine (C=N–C) groups is 1. The first-order valence-electron chi connectivity index (χ1n) is 8.64. The molecule has 1 unspecified atom stereocenters. The Balaban J connectivity index is 1.57. The van der Waals surface area contributed by atoms with E-state index in [1.807, 2.05) is 48.5 Å². The zero-order valence-electron chi connectivity index (χ0n) is 14.6. The molecule has 1 N–H and O–H groups in total. The molecule has 2 heterocycles. The zero-order valence-corrected chi connectivity index (χ0v) is 14.6. The molecule has 1 fully saturated rings. The molecule has 2 aliphatic rings. The van der Waals surface area contributed by atoms with Gasteiger partial charge in [0.05, 0.1) is 13.7 Å². The number of amides is 1. The summed E-state index contributed by atoms with van der Waals surface area (Å²) < 4.78 is 11.4. The molecular formula is C21H20N2O3. The van der Waals surface area contributed by atoms with Crippen molar-refractivity contribution in [1.82, 2.24) is 5.32 Å². The lowest BCUT2D eigenvalue weighted by Gasteiger charge is -2.26. The summed E-state index contributed by atoms with van der Waals surface area (Å²) in [4.78, 5) is 16.3. The molecule has 2 aromatic carbocycles. The summed E-state index contributed by atoms with van der Waals surface area (Å²) in [6.45, 7) is 1.10. The van der Waals surface area contributed by atoms with Crippen LogP contribution in [-0.2, 0) is 11.4 Å². The largest absolute Gasteiger partial charge is 0.493 e. The Kier molecular flexibility index (Phi) is 4.44. The number of carbonyl (C=O) groups excluding carboxylic acids is 1. The van der Waals surface area contributed by atoms with Crippen LogP contribution >= 0.6 is 0 Å². The molecule has 1 atom stereocenters. The Morgan fingerprint density at radius 3 is 2.81 bits per heavy atom. The smallest absolute Gasteiger partial charge is 0.226 e. The van der Waals surface area contributed by atoms with Crippen molar-refractivity contribution < 1.29 is 14.3 Å². The third-order valence-electron chi connectivity index (χ3n) is 4.68. The highest BCUT2D eigenvalue weighted by molar-refractivity contribution is 6.12. The Hall–Kier alpha value is -3.08. The van der Waals surface area contributed by atoms with Crippen LogP contribution in [0.15, 0.2) is 65.2 Å². The zero-order chi connectivity index (χ0) is 17.9. The van der Waals surface area contributed by atoms with Gasteiger partial charge in [-0.05, 0) is 23.3 Å². The van der Waals surface area contributed by atoms with E-state index in [0.717, 1.165) is 16.7 Å². The normalized spacial score (nSPS) is 18.5. The van der Waals surface area contributed by atoms with E-state index >= 15 is 0 Å². The first kappa shape index (κ1) is 16.4. The van der Waals surface area contributed by atoms with Crippen LogP contribution in [0.5, 0.6) is 11.5 Å². The van der Waals surface area contributed by atoms with E-state index in [0.29, 0.717) is 36.9 Å². The number of piperidine rings is 1. The Labute approximate surface area is 152 Å². The molecule has 5 heteroatoms. The van der Waals surface area contributed by atoms with Crippen LogP contribution in [0.1, 0.15) is 23.5 Å². The van der Waals surface area contributed by atoms with Gasteiger partial charge < -0.3 is 14.8 Å². The van der Waals surface area contributed by atoms with Crippen molar-refractivity contribution in [3.8, 4) is 11.5 Å². The lowest BCUT2D eigenvalue weighted by atomic mass is 9.85. The second-order valence-electron chi connectivity index (χ2n) is 6.34. The summed E-state index contributed by atoms with van der Waals surface area (Å²) in [5.41, 5.74) is 3.22. The summed E-state index contributed by atoms with van der Waals surface area (Å²) in [5.74, 6) is 2.06. The quantitative estimate of drug-likeness (QED) is 0.902. The maximum Gasteiger partial charge on any atom is 0.226 e. The molecule has 1 saturated heterocycles. The molecule has 5 nitrogen and oxygen atoms in total. The van der Waals surface area contributed by atoms with Gasteiger partial charge in [-0.2, -0.15) is 0 Å². The maximum absolute atomic E-state index is 12.0. The minimum absolute atomic E-state index is 0.00192. The average Bonchev–Trinajstić information content (AvgIpc) is 3.14. The molecule has 0 radical (unpaired) electrons. The molecule has 0 saturated carbocycles. The van der Waals surface area contributed by atoms with Crippen LogP contribution in [0.4, 0.5) is 0 Å². The molecule has 26 heavy (non-hydrogen) atoms. The molecule has 2 aliphatic heterocycles. The highest BCUT2D eigenvalue weighted by atomic mass is 16.5. The fraction of sp³-hybridized carbons (Fsp3) is 0.238. The van der Waals surface area contributed by atoms with Gasteiger partial charge in [-0.25, -0.2) is 0 Å². The van der Waals surface area contributed by atoms with Gasteiger partial charge in [0, 0.05) is 17.9 Å². The highest BCUT2D eigenvalue weighted by Crippen LogP contribution is 2.38. The topological polar surface area (TPSA) is 59.9 Å². The fourth-order valence-corrected chi connectivity index (χ4v) is 3.37. The van der Waals surface area contributed by atoms with Gasteiger partial charge in [0.1, 0.15) is 12.4 Å². The monoisotopic (exact) mass is 348 g/mol. The van der Waals surface area contributed by atoms with Crippen molar-refractivity contribution in [3.05, 3.63) is 71.3 Å². The highest BCUT2D eigenvalue weighted by Gasteiger charge is 2.32. The van der Waals surface area contributed by atoms with E-state index in [4.69, 9.17) is 9.47 Å². The number of amidine groups is 1. The predicted molar refractivity (Wildman–Crippen MR) is 99.7 cm³/mol. The standard InChI is InChI=1S/C21H20N2O3/c1-25-19-11-15(17-12-20(24)23-21-16(17)9-10-22-21)7-8-18(19)26-13-14-5-3-2-4-6-14/h2-9,11,17H,10,12-13H2,1H3,(H,22,23,24). The van der Waals surface area contributed by atoms with Crippen LogP contribution in [0.2, 0.25) is 0 Å². The van der Waals surface area contributed by atoms with E-state index in [-0.39, 0.29) is 11.8 Å². The van der Waals surface area contributed by atoms with E-state index in [1.54, 1.807) is 7.11 Å². The third kappa shape index (κ3) is 3.20. The van der Waals surface area contributed by atoms with Gasteiger partial charge in [-0.3, -0.25) is 9.79 Å². The van der Waals surface area contributed by atoms with Gasteiger partial charge in [0.2, 0.25) is 5.91 Å². The lowest BCUT2D eigenvalue weighted by Crippen LogP contribution is -2.38. The number of carbonyl (C=O) groups is 1. The minimum Gasteiger partial charge on any atom is -0.493 e. The first-order valence-corrected chi connectivity index (χ1v) is 8.64. The molecule has 132 valence electrons. The molecule has 1 amide bonds. The molecule has 2 aromatic rings. The van der Waals surface area contributed by atoms with Crippen molar-refractivity contribution in [2.45, 2.75) is 18.9 Å². The number of rotatable bonds is 5. The molecule has 0 spiro atoms. The van der Waals surface area contributed by atoms with E-state index in [2.05, 4.69) is 16.4 Å². The number of methoxy groups -OCH3 is 1. The minimum atomic E-state index is -0.00355. The van der Waals surface area contributed by atoms with Crippen molar-refractivity contribution >= 4 is 11.7 Å². The van der Waals surface area contributed by atoms with Crippen LogP contribution in [0.25, 0.3) is 0 Å². The Bertz CT molecular complexity index is 887. The van der Waals surface area contributed by atoms with Crippen molar-refractivity contribution in [1.29, 1.82) is 0 Å². The molecular weight excluding hydrogens is 328 g/mol. The van der Waals surface area contributed by atoms with Crippen LogP contribution in [0, 0.1) is 0 Å². The molecule has 0 aliphatic carbocycles. The summed E-state index contributed by atoms with van der Waals surface area (Å²) in [5, 5.41) is 2.84. The summed E-state index contributed by atoms with van der Waals surface area (Å²) in [6.07, 6.45) is 2.49. The molecule has 0 bridgehead atoms. The second kappa shape index (κ2) is 7.04. The fourth-order valence-electron chi connectivity index (χ4n) is 3.37. The van der Waals surface area contributed by atoms with Crippen LogP contribution < -0.4 is 14.8 Å². The maximum atomic E-state index is 12.0. The number of benzene rings is 2. The number of nitrogens with one attached hydrogen (secondary N) is 1. The van der Waals surface area contributed by atoms with Crippen LogP contribution in [-0.4, -0.2) is 25.4 Å². The number of hydrogen-bond acceptors (Lipinski definition) is 4. The molecule has 0 aromatic heterocycles. The van der Waals surface area contributed by atoms with Gasteiger partial charge in [-0.15, -0.1) is 0 Å². The predicted octanol–water partition coefficient (Wildman–Crippen LogP) is 3.22. The van der Waals surface area contributed by atoms with E-state index in [9.17, 15) is 4.79 Å². The SMILES string of the molecule is COc1cc(C2CC(=O)NC3=NCC=C32)ccc1OCc1ccccc1. The first-order chi connectivity index (χ1) is 12.7. The summed E-state index contributed by atoms with van der Waals surface area (Å²) >= 11 is 0. The van der Waals surface area contributed by atoms with E-state index < -0.39 is 0 Å². The molecule has 4 rings (SSSR count). The summed E-state index contributed by atoms with van der Waals surface area (Å²) in [6, 6.07) is 15.9. The second-order valence-corrected chi connectivity index (χ2v) is 6.34.